The molecule has 24 unspecified atom stereocenters. The van der Waals surface area contributed by atoms with Crippen LogP contribution in [-0.4, -0.2) is 270 Å². The molecule has 41 heteroatoms. The molecular weight excluding hydrogens is 1690 g/mol. The van der Waals surface area contributed by atoms with Crippen molar-refractivity contribution in [3.63, 3.8) is 0 Å². The molecule has 0 radical (unpaired) electrons. The van der Waals surface area contributed by atoms with E-state index in [4.69, 9.17) is 51.7 Å². The smallest absolute Gasteiger partial charge is 0.308 e. The van der Waals surface area contributed by atoms with Gasteiger partial charge in [0.1, 0.15) is 85.1 Å². The topological polar surface area (TPSA) is 643 Å². The SMILES string of the molecule is CCCCCCCCCCCC(O)CC(=O)NC1C(OP(=O)([O-])[O-])OC(COC2OC(COC3(C(=O)[O-])CC(OC4(C(=O)[O-])CC(O)C(O)C(C(O)CO)O4)C(O)C(C(O)CO)O3)C(OP(=O)([O-])[O-])C(OC(=O)CC(O)CCCCCCCCCCC)C2NC(=O)CC(O)CCCCCCCCCCC)C(O)C1OC(=O)CC(O)CCCCCCCCCCC. The van der Waals surface area contributed by atoms with Crippen LogP contribution in [0.15, 0.2) is 0 Å². The number of aliphatic hydroxyl groups is 12. The summed E-state index contributed by atoms with van der Waals surface area (Å²) in [5, 5.41) is 165. The molecule has 732 valence electrons. The number of aliphatic carboxylic acids is 2. The highest BCUT2D eigenvalue weighted by molar-refractivity contribution is 7.43. The number of nitrogens with one attached hydrogen (secondary N) is 2. The lowest BCUT2D eigenvalue weighted by Crippen LogP contribution is -2.71. The first-order valence-electron chi connectivity index (χ1n) is 45.8. The van der Waals surface area contributed by atoms with Gasteiger partial charge in [-0.15, -0.1) is 0 Å². The average Bonchev–Trinajstić information content (AvgIpc) is 0.749. The van der Waals surface area contributed by atoms with E-state index in [0.29, 0.717) is 51.4 Å². The molecule has 2 amide bonds. The highest BCUT2D eigenvalue weighted by Crippen LogP contribution is 2.43. The number of rotatable bonds is 70. The number of phosphoric acid groups is 2. The first kappa shape index (κ1) is 114. The highest BCUT2D eigenvalue weighted by atomic mass is 31.2. The molecule has 14 N–H and O–H groups in total. The standard InChI is InChI=1S/C84H154N2O37P2/c1-5-9-13-17-21-25-29-33-37-41-55(89)45-65(96)85-69-77(117-67(98)47-57(91)43-39-35-31-27-23-19-15-11-7-3)73(102)63(115-80(69)123-125(110,111)112)53-113-79-70(86-66(97)46-56(90)42-38-34-30-26-22-18-14-10-6-2)78(118-68(99)48-58(92)44-40-36-32-28-24-20-16-12-8-4)76(122-124(107,108)109)64(116-79)54-114-83(81(103)104)50-62(72(101)75(120-83)61(95)52-88)119-84(82(105)106)49-59(93)71(100)74(121-84)60(94)51-87/h55-64,69-80,87-95,100-102H,5-54H2,1-4H3,(H,85,96)(H,86,97)(H,103,104)(H,105,106)(H2,107,108,109)(H2,110,111,112)/p-6. The minimum Gasteiger partial charge on any atom is -0.790 e. The zero-order valence-corrected chi connectivity index (χ0v) is 75.3. The maximum Gasteiger partial charge on any atom is 0.308 e. The summed E-state index contributed by atoms with van der Waals surface area (Å²) in [7, 11) is -13.0. The summed E-state index contributed by atoms with van der Waals surface area (Å²) in [4.78, 5) is 137. The molecule has 4 saturated heterocycles. The number of phosphoric ester groups is 2. The fraction of sp³-hybridized carbons (Fsp3) is 0.929. The normalized spacial score (nSPS) is 28.3. The molecule has 0 spiro atoms. The van der Waals surface area contributed by atoms with E-state index in [9.17, 15) is 129 Å². The highest BCUT2D eigenvalue weighted by Gasteiger charge is 2.60. The van der Waals surface area contributed by atoms with Crippen molar-refractivity contribution >= 4 is 51.3 Å². The number of esters is 2. The van der Waals surface area contributed by atoms with E-state index in [2.05, 4.69) is 38.3 Å². The summed E-state index contributed by atoms with van der Waals surface area (Å²) in [6.07, 6.45) is -18.8. The number of hydrogen-bond acceptors (Lipinski definition) is 37. The van der Waals surface area contributed by atoms with Gasteiger partial charge in [-0.3, -0.25) is 19.2 Å². The maximum atomic E-state index is 14.7. The van der Waals surface area contributed by atoms with E-state index in [1.807, 2.05) is 0 Å². The predicted octanol–water partition coefficient (Wildman–Crippen LogP) is 1.01. The average molecular weight is 1840 g/mol. The molecule has 0 aliphatic carbocycles. The number of ether oxygens (including phenoxy) is 9. The molecule has 4 aliphatic heterocycles. The quantitative estimate of drug-likeness (QED) is 0.0230. The zero-order chi connectivity index (χ0) is 92.7. The lowest BCUT2D eigenvalue weighted by Gasteiger charge is -2.53. The van der Waals surface area contributed by atoms with Crippen molar-refractivity contribution in [2.45, 2.75) is 469 Å². The Bertz CT molecular complexity index is 3090. The van der Waals surface area contributed by atoms with Crippen molar-refractivity contribution in [2.75, 3.05) is 26.4 Å². The maximum absolute atomic E-state index is 14.7. The summed E-state index contributed by atoms with van der Waals surface area (Å²) in [5.41, 5.74) is 0. The third kappa shape index (κ3) is 42.8. The Hall–Kier alpha value is -3.72. The fourth-order valence-electron chi connectivity index (χ4n) is 16.2. The van der Waals surface area contributed by atoms with Gasteiger partial charge in [0.25, 0.3) is 0 Å². The van der Waals surface area contributed by atoms with Crippen LogP contribution in [0.2, 0.25) is 0 Å². The third-order valence-electron chi connectivity index (χ3n) is 23.3. The number of unbranched alkanes of at least 4 members (excludes halogenated alkanes) is 32. The van der Waals surface area contributed by atoms with E-state index in [0.717, 1.165) is 180 Å². The van der Waals surface area contributed by atoms with Crippen LogP contribution in [0.25, 0.3) is 0 Å². The molecule has 4 aliphatic rings. The van der Waals surface area contributed by atoms with Crippen LogP contribution in [0.3, 0.4) is 0 Å². The van der Waals surface area contributed by atoms with Gasteiger partial charge in [0.15, 0.2) is 24.8 Å². The van der Waals surface area contributed by atoms with Crippen LogP contribution in [0.5, 0.6) is 0 Å². The second-order valence-electron chi connectivity index (χ2n) is 34.1. The van der Waals surface area contributed by atoms with Crippen LogP contribution >= 0.6 is 15.6 Å². The number of hydrogen-bond donors (Lipinski definition) is 14. The molecule has 4 heterocycles. The molecule has 4 fully saturated rings. The van der Waals surface area contributed by atoms with Gasteiger partial charge >= 0.3 is 11.9 Å². The van der Waals surface area contributed by atoms with Crippen LogP contribution in [0, 0.1) is 0 Å². The Labute approximate surface area is 735 Å². The van der Waals surface area contributed by atoms with E-state index in [-0.39, 0.29) is 25.7 Å². The predicted molar refractivity (Wildman–Crippen MR) is 433 cm³/mol. The lowest BCUT2D eigenvalue weighted by atomic mass is 9.90. The molecule has 125 heavy (non-hydrogen) atoms. The molecule has 0 bridgehead atoms. The van der Waals surface area contributed by atoms with E-state index >= 15 is 0 Å². The number of carbonyl (C=O) groups excluding carboxylic acids is 6. The number of carboxylic acids is 2. The molecule has 4 rings (SSSR count). The van der Waals surface area contributed by atoms with Gasteiger partial charge in [-0.2, -0.15) is 0 Å². The van der Waals surface area contributed by atoms with Gasteiger partial charge < -0.3 is 172 Å². The van der Waals surface area contributed by atoms with Crippen molar-refractivity contribution in [3.8, 4) is 0 Å². The molecule has 39 nitrogen and oxygen atoms in total. The van der Waals surface area contributed by atoms with Crippen LogP contribution in [-0.2, 0) is 89.6 Å². The van der Waals surface area contributed by atoms with Crippen molar-refractivity contribution in [3.05, 3.63) is 0 Å². The Morgan fingerprint density at radius 2 is 0.760 bits per heavy atom. The minimum absolute atomic E-state index is 0.00646. The lowest BCUT2D eigenvalue weighted by molar-refractivity contribution is -0.420. The van der Waals surface area contributed by atoms with Crippen LogP contribution < -0.4 is 40.4 Å². The number of amides is 2. The summed E-state index contributed by atoms with van der Waals surface area (Å²) < 4.78 is 89.0. The molecule has 0 aromatic heterocycles. The third-order valence-corrected chi connectivity index (χ3v) is 24.2. The first-order chi connectivity index (χ1) is 59.4. The second kappa shape index (κ2) is 61.2. The van der Waals surface area contributed by atoms with Crippen LogP contribution in [0.4, 0.5) is 0 Å². The summed E-state index contributed by atoms with van der Waals surface area (Å²) in [6.45, 7) is 2.68. The van der Waals surface area contributed by atoms with Crippen molar-refractivity contribution in [1.29, 1.82) is 0 Å². The zero-order valence-electron chi connectivity index (χ0n) is 73.5. The number of aliphatic hydroxyl groups excluding tert-OH is 12. The molecular formula is C84H148N2O37P2-6. The van der Waals surface area contributed by atoms with Gasteiger partial charge in [0.2, 0.25) is 23.4 Å². The Balaban J connectivity index is 1.93. The van der Waals surface area contributed by atoms with Crippen LogP contribution in [0.1, 0.15) is 323 Å². The summed E-state index contributed by atoms with van der Waals surface area (Å²) in [5.74, 6) is -17.2. The Morgan fingerprint density at radius 3 is 1.14 bits per heavy atom. The van der Waals surface area contributed by atoms with Gasteiger partial charge in [0.05, 0.1) is 104 Å². The number of carboxylic acid groups (broad SMARTS) is 2. The van der Waals surface area contributed by atoms with Gasteiger partial charge in [-0.25, -0.2) is 0 Å². The Morgan fingerprint density at radius 1 is 0.416 bits per heavy atom. The van der Waals surface area contributed by atoms with E-state index < -0.39 is 262 Å². The van der Waals surface area contributed by atoms with Crippen molar-refractivity contribution < 1.29 is 181 Å². The Kier molecular flexibility index (Phi) is 55.6. The molecule has 0 aromatic rings. The van der Waals surface area contributed by atoms with Crippen molar-refractivity contribution in [2.24, 2.45) is 0 Å². The van der Waals surface area contributed by atoms with E-state index in [1.165, 1.54) is 0 Å². The van der Waals surface area contributed by atoms with Crippen molar-refractivity contribution in [1.82, 2.24) is 10.6 Å². The van der Waals surface area contributed by atoms with Gasteiger partial charge in [0, 0.05) is 12.8 Å². The summed E-state index contributed by atoms with van der Waals surface area (Å²) in [6, 6.07) is -4.53. The van der Waals surface area contributed by atoms with Gasteiger partial charge in [-0.05, 0) is 25.7 Å². The molecule has 24 atom stereocenters. The minimum atomic E-state index is -6.63. The monoisotopic (exact) mass is 1840 g/mol. The first-order valence-corrected chi connectivity index (χ1v) is 48.8. The summed E-state index contributed by atoms with van der Waals surface area (Å²) >= 11 is 0. The molecule has 0 saturated carbocycles. The molecule has 0 aromatic carbocycles. The largest absolute Gasteiger partial charge is 0.790 e. The van der Waals surface area contributed by atoms with E-state index in [1.54, 1.807) is 0 Å². The second-order valence-corrected chi connectivity index (χ2v) is 36.4. The number of carbonyl (C=O) groups is 6. The fourth-order valence-corrected chi connectivity index (χ4v) is 17.2. The van der Waals surface area contributed by atoms with Gasteiger partial charge in [-0.1, -0.05) is 259 Å².